The molecule has 0 spiro atoms. The number of alkyl halides is 3. The van der Waals surface area contributed by atoms with Crippen molar-refractivity contribution < 1.29 is 82.4 Å². The van der Waals surface area contributed by atoms with E-state index < -0.39 is 23.7 Å². The van der Waals surface area contributed by atoms with Crippen LogP contribution in [0.15, 0.2) is 36.5 Å². The maximum Gasteiger partial charge on any atom is 0.416 e. The fourth-order valence-electron chi connectivity index (χ4n) is 5.46. The third-order valence-electron chi connectivity index (χ3n) is 7.68. The van der Waals surface area contributed by atoms with E-state index in [2.05, 4.69) is 20.2 Å². The summed E-state index contributed by atoms with van der Waals surface area (Å²) in [5, 5.41) is 27.2. The number of hydrogen-bond donors (Lipinski definition) is 2. The van der Waals surface area contributed by atoms with Crippen LogP contribution in [-0.2, 0) is 35.4 Å². The first-order valence-corrected chi connectivity index (χ1v) is 14.3. The van der Waals surface area contributed by atoms with Gasteiger partial charge in [0.1, 0.15) is 5.69 Å². The first kappa shape index (κ1) is 35.4. The van der Waals surface area contributed by atoms with Crippen LogP contribution in [0.3, 0.4) is 0 Å². The summed E-state index contributed by atoms with van der Waals surface area (Å²) >= 11 is 0. The number of carboxylic acids is 2. The van der Waals surface area contributed by atoms with E-state index in [1.807, 2.05) is 17.0 Å². The van der Waals surface area contributed by atoms with Crippen LogP contribution in [-0.4, -0.2) is 132 Å². The van der Waals surface area contributed by atoms with Gasteiger partial charge >= 0.3 is 18.1 Å². The summed E-state index contributed by atoms with van der Waals surface area (Å²) in [5.74, 6) is -1.96. The number of carboxylic acid groups (broad SMARTS) is 2. The maximum absolute atomic E-state index is 14.0. The van der Waals surface area contributed by atoms with Crippen LogP contribution in [0, 0.1) is 49.4 Å². The zero-order chi connectivity index (χ0) is 31.3. The minimum Gasteiger partial charge on any atom is -0.480 e. The summed E-state index contributed by atoms with van der Waals surface area (Å²) in [6.07, 6.45) is -3.11. The molecule has 6 heterocycles. The van der Waals surface area contributed by atoms with Gasteiger partial charge in [-0.2, -0.15) is 13.2 Å². The fourth-order valence-corrected chi connectivity index (χ4v) is 5.46. The SMILES string of the molecule is O=C(O)CN1CCN2CCN(CC(=O)O)CCN(CC1)Cc1cccc(n1)-c1cnnn1Cc1cc(C(F)(F)F)cc(n1)C2.[Eu]. The van der Waals surface area contributed by atoms with Crippen molar-refractivity contribution in [3.63, 3.8) is 0 Å². The Morgan fingerprint density at radius 2 is 1.29 bits per heavy atom. The number of rotatable bonds is 4. The standard InChI is InChI=1S/C28H34F3N9O4.Eu/c29-28(30,31)20-12-22-16-37-6-10-38(18-26(41)42)8-4-36(5-9-39(11-7-37)19-27(43)44)15-21-2-1-3-24(34-21)25-14-32-35-40(25)17-23(13-20)33-22;/h1-3,12-14H,4-11,15-19H2,(H,41,42)(H,43,44);. The van der Waals surface area contributed by atoms with E-state index in [4.69, 9.17) is 4.98 Å². The molecule has 2 N–H and O–H groups in total. The normalized spacial score (nSPS) is 20.4. The molecule has 0 aliphatic carbocycles. The third-order valence-corrected chi connectivity index (χ3v) is 7.68. The van der Waals surface area contributed by atoms with E-state index in [1.54, 1.807) is 15.9 Å². The molecule has 3 aromatic rings. The van der Waals surface area contributed by atoms with Crippen LogP contribution in [0.1, 0.15) is 22.6 Å². The minimum atomic E-state index is -4.62. The third kappa shape index (κ3) is 10.3. The molecule has 0 unspecified atom stereocenters. The summed E-state index contributed by atoms with van der Waals surface area (Å²) < 4.78 is 43.6. The molecule has 1 radical (unpaired) electrons. The van der Waals surface area contributed by atoms with Crippen LogP contribution >= 0.6 is 0 Å². The van der Waals surface area contributed by atoms with E-state index in [1.165, 1.54) is 10.9 Å². The van der Waals surface area contributed by atoms with E-state index in [0.29, 0.717) is 76.0 Å². The van der Waals surface area contributed by atoms with E-state index >= 15 is 0 Å². The Hall–Kier alpha value is -2.41. The molecule has 0 atom stereocenters. The second-order valence-electron chi connectivity index (χ2n) is 11.0. The second kappa shape index (κ2) is 15.9. The van der Waals surface area contributed by atoms with E-state index in [-0.39, 0.29) is 86.9 Å². The fraction of sp³-hybridized carbons (Fsp3) is 0.500. The van der Waals surface area contributed by atoms with Crippen molar-refractivity contribution in [3.8, 4) is 11.4 Å². The molecule has 6 rings (SSSR count). The Morgan fingerprint density at radius 3 is 1.82 bits per heavy atom. The van der Waals surface area contributed by atoms with Gasteiger partial charge in [0.2, 0.25) is 0 Å². The summed E-state index contributed by atoms with van der Waals surface area (Å²) in [7, 11) is 0. The van der Waals surface area contributed by atoms with Gasteiger partial charge in [0.15, 0.2) is 0 Å². The second-order valence-corrected chi connectivity index (χ2v) is 11.0. The van der Waals surface area contributed by atoms with Crippen molar-refractivity contribution in [3.05, 3.63) is 59.2 Å². The maximum atomic E-state index is 14.0. The Kier molecular flexibility index (Phi) is 12.5. The van der Waals surface area contributed by atoms with Gasteiger partial charge in [-0.05, 0) is 24.3 Å². The van der Waals surface area contributed by atoms with Gasteiger partial charge in [0.25, 0.3) is 0 Å². The molecule has 1 fully saturated rings. The van der Waals surface area contributed by atoms with Gasteiger partial charge < -0.3 is 10.2 Å². The Balaban J connectivity index is 0.00000461. The van der Waals surface area contributed by atoms with Gasteiger partial charge in [-0.25, -0.2) is 9.67 Å². The first-order chi connectivity index (χ1) is 21.0. The van der Waals surface area contributed by atoms with Gasteiger partial charge in [-0.1, -0.05) is 11.3 Å². The molecule has 45 heavy (non-hydrogen) atoms. The Labute approximate surface area is 298 Å². The Bertz CT molecular complexity index is 1440. The Morgan fingerprint density at radius 1 is 0.756 bits per heavy atom. The molecule has 1 saturated heterocycles. The molecule has 0 saturated carbocycles. The minimum absolute atomic E-state index is 0. The van der Waals surface area contributed by atoms with Crippen molar-refractivity contribution in [2.75, 3.05) is 65.4 Å². The zero-order valence-electron chi connectivity index (χ0n) is 24.4. The summed E-state index contributed by atoms with van der Waals surface area (Å²) in [6, 6.07) is 7.47. The molecule has 13 nitrogen and oxygen atoms in total. The number of hydrogen-bond acceptors (Lipinski definition) is 10. The summed E-state index contributed by atoms with van der Waals surface area (Å²) in [6.45, 7) is 3.24. The smallest absolute Gasteiger partial charge is 0.416 e. The predicted octanol–water partition coefficient (Wildman–Crippen LogP) is 1.21. The van der Waals surface area contributed by atoms with Gasteiger partial charge in [-0.15, -0.1) is 5.10 Å². The van der Waals surface area contributed by atoms with Gasteiger partial charge in [0.05, 0.1) is 54.2 Å². The topological polar surface area (TPSA) is 144 Å². The molecule has 6 bridgehead atoms. The summed E-state index contributed by atoms with van der Waals surface area (Å²) in [4.78, 5) is 40.4. The van der Waals surface area contributed by atoms with Gasteiger partial charge in [0, 0.05) is 115 Å². The van der Waals surface area contributed by atoms with Crippen molar-refractivity contribution >= 4 is 11.9 Å². The molecule has 0 aromatic carbocycles. The number of aliphatic carboxylic acids is 2. The van der Waals surface area contributed by atoms with Crippen LogP contribution in [0.4, 0.5) is 13.2 Å². The average molecular weight is 770 g/mol. The van der Waals surface area contributed by atoms with Crippen LogP contribution in [0.5, 0.6) is 0 Å². The van der Waals surface area contributed by atoms with E-state index in [0.717, 1.165) is 12.1 Å². The number of carbonyl (C=O) groups is 2. The predicted molar refractivity (Wildman–Crippen MR) is 150 cm³/mol. The number of fused-ring (bicyclic) bond motifs is 8. The number of pyridine rings is 2. The molecular weight excluding hydrogens is 735 g/mol. The molecular formula is C28H34EuF3N9O4. The van der Waals surface area contributed by atoms with Crippen LogP contribution in [0.25, 0.3) is 11.4 Å². The van der Waals surface area contributed by atoms with Crippen LogP contribution < -0.4 is 0 Å². The van der Waals surface area contributed by atoms with Crippen molar-refractivity contribution in [2.45, 2.75) is 25.8 Å². The number of halogens is 3. The molecule has 3 aliphatic heterocycles. The average Bonchev–Trinajstić information content (AvgIpc) is 3.41. The van der Waals surface area contributed by atoms with E-state index in [9.17, 15) is 33.0 Å². The van der Waals surface area contributed by atoms with Crippen molar-refractivity contribution in [1.82, 2.24) is 44.6 Å². The molecule has 17 heteroatoms. The van der Waals surface area contributed by atoms with Crippen molar-refractivity contribution in [2.24, 2.45) is 0 Å². The zero-order valence-corrected chi connectivity index (χ0v) is 26.8. The molecule has 3 aromatic heterocycles. The van der Waals surface area contributed by atoms with Gasteiger partial charge in [-0.3, -0.25) is 34.2 Å². The number of nitrogens with zero attached hydrogens (tertiary/aromatic N) is 9. The summed E-state index contributed by atoms with van der Waals surface area (Å²) in [5.41, 5.74) is 1.25. The molecule has 0 amide bonds. The van der Waals surface area contributed by atoms with Crippen LogP contribution in [0.2, 0.25) is 0 Å². The monoisotopic (exact) mass is 770 g/mol. The first-order valence-electron chi connectivity index (χ1n) is 14.3. The quantitative estimate of drug-likeness (QED) is 0.394. The number of aromatic nitrogens is 5. The molecule has 243 valence electrons. The van der Waals surface area contributed by atoms with Crippen molar-refractivity contribution in [1.29, 1.82) is 0 Å². The molecule has 3 aliphatic rings. The largest absolute Gasteiger partial charge is 0.480 e.